The molecule has 2 aromatic carbocycles. The van der Waals surface area contributed by atoms with Crippen molar-refractivity contribution in [3.05, 3.63) is 59.7 Å². The van der Waals surface area contributed by atoms with Gasteiger partial charge in [0.15, 0.2) is 0 Å². The lowest BCUT2D eigenvalue weighted by Crippen LogP contribution is -2.28. The van der Waals surface area contributed by atoms with E-state index >= 15 is 0 Å². The van der Waals surface area contributed by atoms with Gasteiger partial charge in [0.2, 0.25) is 10.0 Å². The minimum absolute atomic E-state index is 0.0871. The molecule has 2 rings (SSSR count). The molecule has 0 radical (unpaired) electrons. The highest BCUT2D eigenvalue weighted by molar-refractivity contribution is 7.89. The van der Waals surface area contributed by atoms with Gasteiger partial charge in [0.05, 0.1) is 17.9 Å². The predicted molar refractivity (Wildman–Crippen MR) is 98.9 cm³/mol. The molecule has 8 heteroatoms. The Balaban J connectivity index is 2.37. The number of ether oxygens (including phenoxy) is 1. The number of aromatic carboxylic acids is 1. The maximum absolute atomic E-state index is 12.6. The summed E-state index contributed by atoms with van der Waals surface area (Å²) in [7, 11) is -2.44. The number of carboxylic acid groups (broad SMARTS) is 1. The van der Waals surface area contributed by atoms with Gasteiger partial charge in [0.25, 0.3) is 0 Å². The minimum atomic E-state index is -3.90. The van der Waals surface area contributed by atoms with Gasteiger partial charge in [-0.05, 0) is 30.7 Å². The van der Waals surface area contributed by atoms with E-state index in [1.54, 1.807) is 0 Å². The SMILES string of the molecule is COCCNS(=O)(=O)c1cc(C(=O)O)ccc1N[C@@H](C)c1ccccc1. The number of carbonyl (C=O) groups is 1. The number of carboxylic acids is 1. The number of methoxy groups -OCH3 is 1. The van der Waals surface area contributed by atoms with E-state index in [4.69, 9.17) is 4.74 Å². The Bertz CT molecular complexity index is 853. The van der Waals surface area contributed by atoms with Crippen molar-refractivity contribution in [3.63, 3.8) is 0 Å². The summed E-state index contributed by atoms with van der Waals surface area (Å²) in [6.07, 6.45) is 0. The lowest BCUT2D eigenvalue weighted by molar-refractivity contribution is 0.0696. The highest BCUT2D eigenvalue weighted by Gasteiger charge is 2.21. The maximum Gasteiger partial charge on any atom is 0.335 e. The van der Waals surface area contributed by atoms with Gasteiger partial charge in [-0.25, -0.2) is 17.9 Å². The number of rotatable bonds is 9. The summed E-state index contributed by atoms with van der Waals surface area (Å²) < 4.78 is 32.5. The summed E-state index contributed by atoms with van der Waals surface area (Å²) in [5, 5.41) is 12.3. The molecule has 0 fully saturated rings. The maximum atomic E-state index is 12.6. The zero-order chi connectivity index (χ0) is 19.2. The molecule has 0 saturated carbocycles. The van der Waals surface area contributed by atoms with Crippen molar-refractivity contribution in [1.82, 2.24) is 4.72 Å². The molecule has 2 aromatic rings. The Labute approximate surface area is 153 Å². The lowest BCUT2D eigenvalue weighted by atomic mass is 10.1. The standard InChI is InChI=1S/C18H22N2O5S/c1-13(14-6-4-3-5-7-14)20-16-9-8-15(18(21)22)12-17(16)26(23,24)19-10-11-25-2/h3-9,12-13,19-20H,10-11H2,1-2H3,(H,21,22)/t13-/m0/s1. The van der Waals surface area contributed by atoms with Crippen LogP contribution >= 0.6 is 0 Å². The predicted octanol–water partition coefficient (Wildman–Crippen LogP) is 2.48. The summed E-state index contributed by atoms with van der Waals surface area (Å²) in [6, 6.07) is 13.4. The molecule has 140 valence electrons. The molecule has 0 unspecified atom stereocenters. The fraction of sp³-hybridized carbons (Fsp3) is 0.278. The third-order valence-electron chi connectivity index (χ3n) is 3.79. The highest BCUT2D eigenvalue weighted by atomic mass is 32.2. The first-order valence-corrected chi connectivity index (χ1v) is 9.51. The first kappa shape index (κ1) is 19.9. The molecule has 7 nitrogen and oxygen atoms in total. The van der Waals surface area contributed by atoms with E-state index in [9.17, 15) is 18.3 Å². The highest BCUT2D eigenvalue weighted by Crippen LogP contribution is 2.27. The van der Waals surface area contributed by atoms with Crippen molar-refractivity contribution in [2.24, 2.45) is 0 Å². The fourth-order valence-electron chi connectivity index (χ4n) is 2.41. The molecule has 26 heavy (non-hydrogen) atoms. The topological polar surface area (TPSA) is 105 Å². The zero-order valence-corrected chi connectivity index (χ0v) is 15.4. The number of benzene rings is 2. The first-order chi connectivity index (χ1) is 12.3. The Kier molecular flexibility index (Phi) is 6.73. The van der Waals surface area contributed by atoms with E-state index in [0.29, 0.717) is 5.69 Å². The van der Waals surface area contributed by atoms with Crippen LogP contribution in [0.3, 0.4) is 0 Å². The molecule has 3 N–H and O–H groups in total. The number of nitrogens with one attached hydrogen (secondary N) is 2. The van der Waals surface area contributed by atoms with E-state index in [1.807, 2.05) is 37.3 Å². The zero-order valence-electron chi connectivity index (χ0n) is 14.6. The molecule has 0 aliphatic carbocycles. The van der Waals surface area contributed by atoms with Crippen molar-refractivity contribution in [1.29, 1.82) is 0 Å². The Morgan fingerprint density at radius 1 is 1.19 bits per heavy atom. The van der Waals surface area contributed by atoms with Crippen LogP contribution in [0.4, 0.5) is 5.69 Å². The largest absolute Gasteiger partial charge is 0.478 e. The normalized spacial score (nSPS) is 12.5. The number of anilines is 1. The second-order valence-corrected chi connectivity index (χ2v) is 7.42. The van der Waals surface area contributed by atoms with Crippen molar-refractivity contribution in [3.8, 4) is 0 Å². The molecular formula is C18H22N2O5S. The molecule has 0 aliphatic heterocycles. The molecule has 0 heterocycles. The van der Waals surface area contributed by atoms with Crippen molar-refractivity contribution in [2.45, 2.75) is 17.9 Å². The summed E-state index contributed by atoms with van der Waals surface area (Å²) >= 11 is 0. The van der Waals surface area contributed by atoms with Gasteiger partial charge in [0.1, 0.15) is 4.90 Å². The number of hydrogen-bond donors (Lipinski definition) is 3. The van der Waals surface area contributed by atoms with Crippen LogP contribution in [0, 0.1) is 0 Å². The third-order valence-corrected chi connectivity index (χ3v) is 5.29. The van der Waals surface area contributed by atoms with Gasteiger partial charge >= 0.3 is 5.97 Å². The molecule has 1 atom stereocenters. The van der Waals surface area contributed by atoms with Crippen LogP contribution in [0.15, 0.2) is 53.4 Å². The van der Waals surface area contributed by atoms with Gasteiger partial charge in [0, 0.05) is 19.7 Å². The van der Waals surface area contributed by atoms with Crippen LogP contribution in [0.5, 0.6) is 0 Å². The van der Waals surface area contributed by atoms with Gasteiger partial charge in [-0.3, -0.25) is 0 Å². The smallest absolute Gasteiger partial charge is 0.335 e. The van der Waals surface area contributed by atoms with Crippen LogP contribution < -0.4 is 10.0 Å². The quantitative estimate of drug-likeness (QED) is 0.579. The summed E-state index contributed by atoms with van der Waals surface area (Å²) in [5.41, 5.74) is 1.21. The second-order valence-electron chi connectivity index (χ2n) is 5.68. The third kappa shape index (κ3) is 5.04. The van der Waals surface area contributed by atoms with E-state index in [-0.39, 0.29) is 29.7 Å². The fourth-order valence-corrected chi connectivity index (χ4v) is 3.62. The molecular weight excluding hydrogens is 356 g/mol. The average Bonchev–Trinajstić information content (AvgIpc) is 2.62. The van der Waals surface area contributed by atoms with Crippen LogP contribution in [0.1, 0.15) is 28.9 Å². The van der Waals surface area contributed by atoms with Crippen LogP contribution in [0.2, 0.25) is 0 Å². The monoisotopic (exact) mass is 378 g/mol. The van der Waals surface area contributed by atoms with E-state index in [2.05, 4.69) is 10.0 Å². The van der Waals surface area contributed by atoms with Gasteiger partial charge in [-0.1, -0.05) is 30.3 Å². The number of sulfonamides is 1. The first-order valence-electron chi connectivity index (χ1n) is 8.02. The molecule has 0 amide bonds. The summed E-state index contributed by atoms with van der Waals surface area (Å²) in [6.45, 7) is 2.19. The van der Waals surface area contributed by atoms with Crippen molar-refractivity contribution < 1.29 is 23.1 Å². The van der Waals surface area contributed by atoms with Crippen molar-refractivity contribution in [2.75, 3.05) is 25.6 Å². The number of hydrogen-bond acceptors (Lipinski definition) is 5. The van der Waals surface area contributed by atoms with Crippen LogP contribution in [0.25, 0.3) is 0 Å². The Hall–Kier alpha value is -2.42. The minimum Gasteiger partial charge on any atom is -0.478 e. The van der Waals surface area contributed by atoms with Gasteiger partial charge in [-0.2, -0.15) is 0 Å². The summed E-state index contributed by atoms with van der Waals surface area (Å²) in [4.78, 5) is 11.1. The summed E-state index contributed by atoms with van der Waals surface area (Å²) in [5.74, 6) is -1.19. The average molecular weight is 378 g/mol. The molecule has 0 aliphatic rings. The van der Waals surface area contributed by atoms with E-state index in [1.165, 1.54) is 19.2 Å². The van der Waals surface area contributed by atoms with Gasteiger partial charge < -0.3 is 15.2 Å². The van der Waals surface area contributed by atoms with Crippen LogP contribution in [-0.2, 0) is 14.8 Å². The molecule has 0 aromatic heterocycles. The van der Waals surface area contributed by atoms with Crippen molar-refractivity contribution >= 4 is 21.7 Å². The molecule has 0 saturated heterocycles. The lowest BCUT2D eigenvalue weighted by Gasteiger charge is -2.19. The van der Waals surface area contributed by atoms with E-state index < -0.39 is 16.0 Å². The Morgan fingerprint density at radius 2 is 1.88 bits per heavy atom. The van der Waals surface area contributed by atoms with Crippen LogP contribution in [-0.4, -0.2) is 39.8 Å². The molecule has 0 spiro atoms. The van der Waals surface area contributed by atoms with Gasteiger partial charge in [-0.15, -0.1) is 0 Å². The second kappa shape index (κ2) is 8.79. The Morgan fingerprint density at radius 3 is 2.50 bits per heavy atom. The van der Waals surface area contributed by atoms with E-state index in [0.717, 1.165) is 11.6 Å². The molecule has 0 bridgehead atoms.